The van der Waals surface area contributed by atoms with E-state index in [1.165, 1.54) is 0 Å². The highest BCUT2D eigenvalue weighted by Crippen LogP contribution is 2.18. The predicted molar refractivity (Wildman–Crippen MR) is 77.2 cm³/mol. The molecule has 110 valence electrons. The number of amides is 1. The average Bonchev–Trinajstić information content (AvgIpc) is 2.37. The lowest BCUT2D eigenvalue weighted by Crippen LogP contribution is -2.66. The molecule has 0 aromatic carbocycles. The van der Waals surface area contributed by atoms with E-state index >= 15 is 0 Å². The number of hydrogen-bond donors (Lipinski definition) is 2. The van der Waals surface area contributed by atoms with E-state index in [0.29, 0.717) is 6.04 Å². The zero-order valence-corrected chi connectivity index (χ0v) is 12.5. The smallest absolute Gasteiger partial charge is 0.237 e. The minimum absolute atomic E-state index is 0.00756. The summed E-state index contributed by atoms with van der Waals surface area (Å²) in [6.07, 6.45) is 0.988. The number of hydrogen-bond acceptors (Lipinski definition) is 4. The Kier molecular flexibility index (Phi) is 5.19. The Hall–Kier alpha value is -0.650. The van der Waals surface area contributed by atoms with Gasteiger partial charge in [0.15, 0.2) is 0 Å². The van der Waals surface area contributed by atoms with Gasteiger partial charge in [0.1, 0.15) is 0 Å². The molecule has 0 saturated carbocycles. The predicted octanol–water partition coefficient (Wildman–Crippen LogP) is -0.121. The topological polar surface area (TPSA) is 47.6 Å². The second kappa shape index (κ2) is 6.68. The van der Waals surface area contributed by atoms with Crippen molar-refractivity contribution in [2.75, 3.05) is 39.3 Å². The van der Waals surface area contributed by atoms with Crippen LogP contribution >= 0.6 is 0 Å². The van der Waals surface area contributed by atoms with Crippen LogP contribution < -0.4 is 10.6 Å². The normalized spacial score (nSPS) is 25.6. The summed E-state index contributed by atoms with van der Waals surface area (Å²) in [6, 6.07) is 0.939. The van der Waals surface area contributed by atoms with Gasteiger partial charge in [0, 0.05) is 51.4 Å². The number of carbonyl (C=O) groups is 1. The molecular formula is C14H28N4O. The summed E-state index contributed by atoms with van der Waals surface area (Å²) in [7, 11) is 0. The first-order chi connectivity index (χ1) is 9.11. The van der Waals surface area contributed by atoms with Gasteiger partial charge in [0.25, 0.3) is 0 Å². The number of carbonyl (C=O) groups excluding carboxylic acids is 1. The summed E-state index contributed by atoms with van der Waals surface area (Å²) in [5, 5.41) is 6.45. The Labute approximate surface area is 116 Å². The third kappa shape index (κ3) is 3.68. The van der Waals surface area contributed by atoms with Gasteiger partial charge < -0.3 is 10.6 Å². The van der Waals surface area contributed by atoms with E-state index in [2.05, 4.69) is 34.3 Å². The maximum atomic E-state index is 12.1. The fraction of sp³-hybridized carbons (Fsp3) is 0.929. The Morgan fingerprint density at radius 1 is 1.32 bits per heavy atom. The van der Waals surface area contributed by atoms with Crippen molar-refractivity contribution in [3.8, 4) is 0 Å². The van der Waals surface area contributed by atoms with Gasteiger partial charge in [-0.25, -0.2) is 0 Å². The van der Waals surface area contributed by atoms with Crippen LogP contribution in [0.1, 0.15) is 27.2 Å². The van der Waals surface area contributed by atoms with Crippen molar-refractivity contribution in [3.63, 3.8) is 0 Å². The van der Waals surface area contributed by atoms with E-state index in [9.17, 15) is 4.79 Å². The van der Waals surface area contributed by atoms with E-state index in [-0.39, 0.29) is 18.0 Å². The summed E-state index contributed by atoms with van der Waals surface area (Å²) in [6.45, 7) is 12.7. The van der Waals surface area contributed by atoms with Gasteiger partial charge in [-0.05, 0) is 20.3 Å². The largest absolute Gasteiger partial charge is 0.352 e. The molecule has 5 heteroatoms. The minimum atomic E-state index is 0.00756. The molecular weight excluding hydrogens is 240 g/mol. The molecule has 2 fully saturated rings. The molecule has 2 aliphatic rings. The SMILES string of the molecule is CCC(C)NC(=O)C(C)N1CC(N2CCNCC2)C1. The van der Waals surface area contributed by atoms with Gasteiger partial charge in [0.05, 0.1) is 6.04 Å². The Balaban J connectivity index is 1.71. The van der Waals surface area contributed by atoms with Crippen LogP contribution in [0.4, 0.5) is 0 Å². The number of rotatable bonds is 5. The first-order valence-electron chi connectivity index (χ1n) is 7.61. The molecule has 2 heterocycles. The van der Waals surface area contributed by atoms with E-state index < -0.39 is 0 Å². The monoisotopic (exact) mass is 268 g/mol. The highest BCUT2D eigenvalue weighted by molar-refractivity contribution is 5.81. The van der Waals surface area contributed by atoms with Crippen LogP contribution in [-0.4, -0.2) is 73.1 Å². The number of likely N-dealkylation sites (tertiary alicyclic amines) is 1. The average molecular weight is 268 g/mol. The lowest BCUT2D eigenvalue weighted by molar-refractivity contribution is -0.129. The van der Waals surface area contributed by atoms with Crippen LogP contribution in [0.3, 0.4) is 0 Å². The van der Waals surface area contributed by atoms with Crippen LogP contribution in [0.25, 0.3) is 0 Å². The summed E-state index contributed by atoms with van der Waals surface area (Å²) in [5.41, 5.74) is 0. The number of piperazine rings is 1. The molecule has 2 atom stereocenters. The van der Waals surface area contributed by atoms with E-state index in [1.54, 1.807) is 0 Å². The molecule has 2 N–H and O–H groups in total. The molecule has 2 unspecified atom stereocenters. The van der Waals surface area contributed by atoms with Crippen molar-refractivity contribution in [1.29, 1.82) is 0 Å². The maximum Gasteiger partial charge on any atom is 0.237 e. The van der Waals surface area contributed by atoms with Crippen molar-refractivity contribution >= 4 is 5.91 Å². The highest BCUT2D eigenvalue weighted by atomic mass is 16.2. The zero-order valence-electron chi connectivity index (χ0n) is 12.5. The second-order valence-corrected chi connectivity index (χ2v) is 5.89. The highest BCUT2D eigenvalue weighted by Gasteiger charge is 2.36. The molecule has 2 aliphatic heterocycles. The first-order valence-corrected chi connectivity index (χ1v) is 7.61. The van der Waals surface area contributed by atoms with Gasteiger partial charge in [0.2, 0.25) is 5.91 Å². The fourth-order valence-electron chi connectivity index (χ4n) is 2.71. The molecule has 2 saturated heterocycles. The van der Waals surface area contributed by atoms with Gasteiger partial charge in [-0.1, -0.05) is 6.92 Å². The van der Waals surface area contributed by atoms with Gasteiger partial charge in [-0.2, -0.15) is 0 Å². The lowest BCUT2D eigenvalue weighted by Gasteiger charge is -2.48. The molecule has 0 radical (unpaired) electrons. The zero-order chi connectivity index (χ0) is 13.8. The van der Waals surface area contributed by atoms with Crippen molar-refractivity contribution in [2.45, 2.75) is 45.3 Å². The van der Waals surface area contributed by atoms with Crippen LogP contribution in [0.2, 0.25) is 0 Å². The molecule has 0 aliphatic carbocycles. The van der Waals surface area contributed by atoms with Gasteiger partial charge in [-0.15, -0.1) is 0 Å². The van der Waals surface area contributed by atoms with Crippen molar-refractivity contribution in [3.05, 3.63) is 0 Å². The van der Waals surface area contributed by atoms with Crippen LogP contribution in [-0.2, 0) is 4.79 Å². The summed E-state index contributed by atoms with van der Waals surface area (Å²) in [5.74, 6) is 0.174. The quantitative estimate of drug-likeness (QED) is 0.730. The minimum Gasteiger partial charge on any atom is -0.352 e. The van der Waals surface area contributed by atoms with Crippen LogP contribution in [0, 0.1) is 0 Å². The van der Waals surface area contributed by atoms with Crippen molar-refractivity contribution in [2.24, 2.45) is 0 Å². The Morgan fingerprint density at radius 3 is 2.53 bits per heavy atom. The molecule has 1 amide bonds. The summed E-state index contributed by atoms with van der Waals surface area (Å²) < 4.78 is 0. The summed E-state index contributed by atoms with van der Waals surface area (Å²) in [4.78, 5) is 16.9. The Morgan fingerprint density at radius 2 is 1.95 bits per heavy atom. The Bertz CT molecular complexity index is 298. The molecule has 0 bridgehead atoms. The van der Waals surface area contributed by atoms with Gasteiger partial charge in [-0.3, -0.25) is 14.6 Å². The molecule has 5 nitrogen and oxygen atoms in total. The van der Waals surface area contributed by atoms with Gasteiger partial charge >= 0.3 is 0 Å². The third-order valence-corrected chi connectivity index (χ3v) is 4.49. The van der Waals surface area contributed by atoms with E-state index in [1.807, 2.05) is 6.92 Å². The number of nitrogens with one attached hydrogen (secondary N) is 2. The molecule has 0 spiro atoms. The molecule has 0 aromatic rings. The van der Waals surface area contributed by atoms with Crippen molar-refractivity contribution < 1.29 is 4.79 Å². The molecule has 0 aromatic heterocycles. The molecule has 19 heavy (non-hydrogen) atoms. The fourth-order valence-corrected chi connectivity index (χ4v) is 2.71. The van der Waals surface area contributed by atoms with Crippen molar-refractivity contribution in [1.82, 2.24) is 20.4 Å². The molecule has 2 rings (SSSR count). The third-order valence-electron chi connectivity index (χ3n) is 4.49. The van der Waals surface area contributed by atoms with E-state index in [0.717, 1.165) is 45.7 Å². The van der Waals surface area contributed by atoms with Crippen LogP contribution in [0.5, 0.6) is 0 Å². The van der Waals surface area contributed by atoms with Crippen LogP contribution in [0.15, 0.2) is 0 Å². The standard InChI is InChI=1S/C14H28N4O/c1-4-11(2)16-14(19)12(3)18-9-13(10-18)17-7-5-15-6-8-17/h11-13,15H,4-10H2,1-3H3,(H,16,19). The first kappa shape index (κ1) is 14.8. The van der Waals surface area contributed by atoms with E-state index in [4.69, 9.17) is 0 Å². The lowest BCUT2D eigenvalue weighted by atomic mass is 10.0. The maximum absolute atomic E-state index is 12.1. The second-order valence-electron chi connectivity index (χ2n) is 5.89. The number of nitrogens with zero attached hydrogens (tertiary/aromatic N) is 2. The summed E-state index contributed by atoms with van der Waals surface area (Å²) >= 11 is 0.